The Hall–Kier alpha value is -1.69. The summed E-state index contributed by atoms with van der Waals surface area (Å²) in [6.45, 7) is 3.33. The lowest BCUT2D eigenvalue weighted by Gasteiger charge is -2.17. The number of nitrogens with one attached hydrogen (secondary N) is 1. The molecule has 1 aromatic carbocycles. The van der Waals surface area contributed by atoms with Gasteiger partial charge < -0.3 is 10.1 Å². The lowest BCUT2D eigenvalue weighted by Crippen LogP contribution is -2.23. The molecule has 1 fully saturated rings. The normalized spacial score (nSPS) is 22.4. The second-order valence-corrected chi connectivity index (χ2v) is 4.64. The molecular formula is C13H17FN2O3. The number of nitrogens with zero attached hydrogens (tertiary/aromatic N) is 1. The Bertz CT molecular complexity index is 467. The third-order valence-electron chi connectivity index (χ3n) is 3.47. The van der Waals surface area contributed by atoms with E-state index in [2.05, 4.69) is 5.32 Å². The van der Waals surface area contributed by atoms with Crippen LogP contribution in [0.25, 0.3) is 0 Å². The number of nitro benzene ring substituents is 1. The van der Waals surface area contributed by atoms with Gasteiger partial charge in [0.05, 0.1) is 11.0 Å². The van der Waals surface area contributed by atoms with E-state index in [1.54, 1.807) is 0 Å². The average molecular weight is 268 g/mol. The van der Waals surface area contributed by atoms with Crippen molar-refractivity contribution in [3.63, 3.8) is 0 Å². The lowest BCUT2D eigenvalue weighted by molar-refractivity contribution is -0.386. The molecule has 1 aromatic rings. The number of hydrogen-bond donors (Lipinski definition) is 1. The number of nitro groups is 1. The van der Waals surface area contributed by atoms with Gasteiger partial charge >= 0.3 is 5.69 Å². The van der Waals surface area contributed by atoms with Crippen molar-refractivity contribution in [3.8, 4) is 0 Å². The minimum absolute atomic E-state index is 0.181. The summed E-state index contributed by atoms with van der Waals surface area (Å²) in [5, 5.41) is 13.8. The molecule has 0 bridgehead atoms. The van der Waals surface area contributed by atoms with Crippen molar-refractivity contribution < 1.29 is 14.1 Å². The van der Waals surface area contributed by atoms with Crippen LogP contribution in [-0.4, -0.2) is 24.2 Å². The molecule has 0 radical (unpaired) electrons. The SMILES string of the molecule is CCC1OCCC1CNc1cccc(F)c1[N+](=O)[O-]. The minimum atomic E-state index is -0.815. The first-order valence-corrected chi connectivity index (χ1v) is 6.41. The van der Waals surface area contributed by atoms with Gasteiger partial charge in [0.2, 0.25) is 5.82 Å². The van der Waals surface area contributed by atoms with E-state index in [4.69, 9.17) is 4.74 Å². The van der Waals surface area contributed by atoms with Crippen molar-refractivity contribution in [2.75, 3.05) is 18.5 Å². The molecule has 0 spiro atoms. The van der Waals surface area contributed by atoms with E-state index in [1.165, 1.54) is 12.1 Å². The van der Waals surface area contributed by atoms with Gasteiger partial charge in [-0.25, -0.2) is 0 Å². The predicted molar refractivity (Wildman–Crippen MR) is 69.7 cm³/mol. The zero-order valence-corrected chi connectivity index (χ0v) is 10.8. The Morgan fingerprint density at radius 3 is 3.05 bits per heavy atom. The Kier molecular flexibility index (Phi) is 4.31. The molecule has 1 N–H and O–H groups in total. The lowest BCUT2D eigenvalue weighted by atomic mass is 9.99. The van der Waals surface area contributed by atoms with E-state index in [0.717, 1.165) is 25.5 Å². The predicted octanol–water partition coefficient (Wildman–Crippen LogP) is 2.96. The molecule has 1 aliphatic rings. The highest BCUT2D eigenvalue weighted by molar-refractivity contribution is 5.61. The third-order valence-corrected chi connectivity index (χ3v) is 3.47. The molecule has 0 saturated carbocycles. The summed E-state index contributed by atoms with van der Waals surface area (Å²) in [5.41, 5.74) is -0.263. The number of anilines is 1. The van der Waals surface area contributed by atoms with E-state index in [-0.39, 0.29) is 11.8 Å². The summed E-state index contributed by atoms with van der Waals surface area (Å²) in [6.07, 6.45) is 2.02. The molecule has 0 amide bonds. The molecule has 5 nitrogen and oxygen atoms in total. The first-order valence-electron chi connectivity index (χ1n) is 6.41. The van der Waals surface area contributed by atoms with E-state index >= 15 is 0 Å². The van der Waals surface area contributed by atoms with Crippen LogP contribution in [0.4, 0.5) is 15.8 Å². The maximum Gasteiger partial charge on any atom is 0.327 e. The van der Waals surface area contributed by atoms with Crippen LogP contribution in [0.2, 0.25) is 0 Å². The van der Waals surface area contributed by atoms with Gasteiger partial charge in [0.1, 0.15) is 5.69 Å². The van der Waals surface area contributed by atoms with Crippen molar-refractivity contribution in [2.24, 2.45) is 5.92 Å². The smallest absolute Gasteiger partial charge is 0.327 e. The van der Waals surface area contributed by atoms with Crippen LogP contribution in [0.1, 0.15) is 19.8 Å². The maximum atomic E-state index is 13.4. The number of benzene rings is 1. The van der Waals surface area contributed by atoms with Gasteiger partial charge in [-0.05, 0) is 25.0 Å². The number of para-hydroxylation sites is 1. The van der Waals surface area contributed by atoms with Gasteiger partial charge in [-0.3, -0.25) is 10.1 Å². The second-order valence-electron chi connectivity index (χ2n) is 4.64. The number of ether oxygens (including phenoxy) is 1. The van der Waals surface area contributed by atoms with E-state index in [1.807, 2.05) is 6.92 Å². The molecular weight excluding hydrogens is 251 g/mol. The first-order chi connectivity index (χ1) is 9.13. The monoisotopic (exact) mass is 268 g/mol. The van der Waals surface area contributed by atoms with E-state index < -0.39 is 16.4 Å². The maximum absolute atomic E-state index is 13.4. The average Bonchev–Trinajstić information content (AvgIpc) is 2.83. The largest absolute Gasteiger partial charge is 0.379 e. The summed E-state index contributed by atoms with van der Waals surface area (Å²) in [6, 6.07) is 4.09. The summed E-state index contributed by atoms with van der Waals surface area (Å²) in [5.74, 6) is -0.502. The molecule has 2 atom stereocenters. The van der Waals surface area contributed by atoms with Crippen LogP contribution in [0, 0.1) is 21.8 Å². The zero-order chi connectivity index (χ0) is 13.8. The Morgan fingerprint density at radius 2 is 2.37 bits per heavy atom. The van der Waals surface area contributed by atoms with Crippen LogP contribution < -0.4 is 5.32 Å². The van der Waals surface area contributed by atoms with Crippen molar-refractivity contribution in [1.82, 2.24) is 0 Å². The van der Waals surface area contributed by atoms with Crippen LogP contribution in [0.5, 0.6) is 0 Å². The fourth-order valence-corrected chi connectivity index (χ4v) is 2.46. The van der Waals surface area contributed by atoms with Crippen LogP contribution in [0.15, 0.2) is 18.2 Å². The van der Waals surface area contributed by atoms with Crippen molar-refractivity contribution in [3.05, 3.63) is 34.1 Å². The summed E-state index contributed by atoms with van der Waals surface area (Å²) < 4.78 is 19.0. The molecule has 1 aliphatic heterocycles. The van der Waals surface area contributed by atoms with Crippen molar-refractivity contribution in [2.45, 2.75) is 25.9 Å². The van der Waals surface area contributed by atoms with Gasteiger partial charge in [-0.2, -0.15) is 4.39 Å². The van der Waals surface area contributed by atoms with Gasteiger partial charge in [-0.1, -0.05) is 13.0 Å². The highest BCUT2D eigenvalue weighted by Gasteiger charge is 2.27. The van der Waals surface area contributed by atoms with Crippen LogP contribution in [-0.2, 0) is 4.74 Å². The fraction of sp³-hybridized carbons (Fsp3) is 0.538. The van der Waals surface area contributed by atoms with E-state index in [0.29, 0.717) is 12.5 Å². The molecule has 6 heteroatoms. The molecule has 0 aliphatic carbocycles. The topological polar surface area (TPSA) is 64.4 Å². The highest BCUT2D eigenvalue weighted by Crippen LogP contribution is 2.29. The number of halogens is 1. The molecule has 1 saturated heterocycles. The fourth-order valence-electron chi connectivity index (χ4n) is 2.46. The molecule has 2 rings (SSSR count). The van der Waals surface area contributed by atoms with Crippen LogP contribution in [0.3, 0.4) is 0 Å². The molecule has 19 heavy (non-hydrogen) atoms. The molecule has 104 valence electrons. The highest BCUT2D eigenvalue weighted by atomic mass is 19.1. The summed E-state index contributed by atoms with van der Waals surface area (Å²) in [7, 11) is 0. The zero-order valence-electron chi connectivity index (χ0n) is 10.8. The van der Waals surface area contributed by atoms with Crippen molar-refractivity contribution in [1.29, 1.82) is 0 Å². The summed E-state index contributed by atoms with van der Waals surface area (Å²) >= 11 is 0. The summed E-state index contributed by atoms with van der Waals surface area (Å²) in [4.78, 5) is 10.2. The van der Waals surface area contributed by atoms with Gasteiger partial charge in [0.15, 0.2) is 0 Å². The Morgan fingerprint density at radius 1 is 1.58 bits per heavy atom. The molecule has 1 heterocycles. The van der Waals surface area contributed by atoms with Gasteiger partial charge in [-0.15, -0.1) is 0 Å². The van der Waals surface area contributed by atoms with Crippen molar-refractivity contribution >= 4 is 11.4 Å². The first kappa shape index (κ1) is 13.7. The number of rotatable bonds is 5. The minimum Gasteiger partial charge on any atom is -0.379 e. The Balaban J connectivity index is 2.07. The van der Waals surface area contributed by atoms with E-state index in [9.17, 15) is 14.5 Å². The Labute approximate surface area is 110 Å². The van der Waals surface area contributed by atoms with Gasteiger partial charge in [0.25, 0.3) is 0 Å². The quantitative estimate of drug-likeness (QED) is 0.658. The number of hydrogen-bond acceptors (Lipinski definition) is 4. The molecule has 2 unspecified atom stereocenters. The second kappa shape index (κ2) is 5.97. The van der Waals surface area contributed by atoms with Crippen LogP contribution >= 0.6 is 0 Å². The molecule has 0 aromatic heterocycles. The standard InChI is InChI=1S/C13H17FN2O3/c1-2-12-9(6-7-19-12)8-15-11-5-3-4-10(14)13(11)16(17)18/h3-5,9,12,15H,2,6-8H2,1H3. The third kappa shape index (κ3) is 3.01. The van der Waals surface area contributed by atoms with Gasteiger partial charge in [0, 0.05) is 19.1 Å².